The lowest BCUT2D eigenvalue weighted by Gasteiger charge is -2.07. The molecule has 22 heavy (non-hydrogen) atoms. The van der Waals surface area contributed by atoms with Crippen molar-refractivity contribution >= 4 is 37.6 Å². The van der Waals surface area contributed by atoms with Gasteiger partial charge in [-0.2, -0.15) is 0 Å². The molecule has 1 aromatic heterocycles. The molecule has 0 atom stereocenters. The standard InChI is InChI=1S/C13H12BrN3O4S/c1-22(20,21)10-4-2-8(3-5-10)12(18)16-17-13(19)11-6-9(14)7-15-11/h2-7,15H,1H3,(H,16,18)(H,17,19). The Morgan fingerprint density at radius 2 is 1.68 bits per heavy atom. The third-order valence-corrected chi connectivity index (χ3v) is 4.31. The zero-order valence-corrected chi connectivity index (χ0v) is 13.8. The lowest BCUT2D eigenvalue weighted by atomic mass is 10.2. The fraction of sp³-hybridized carbons (Fsp3) is 0.0769. The van der Waals surface area contributed by atoms with Crippen LogP contribution in [0.5, 0.6) is 0 Å². The SMILES string of the molecule is CS(=O)(=O)c1ccc(C(=O)NNC(=O)c2cc(Br)c[nH]2)cc1. The van der Waals surface area contributed by atoms with Gasteiger partial charge < -0.3 is 4.98 Å². The van der Waals surface area contributed by atoms with Gasteiger partial charge in [0.05, 0.1) is 4.90 Å². The van der Waals surface area contributed by atoms with Crippen molar-refractivity contribution in [3.8, 4) is 0 Å². The Morgan fingerprint density at radius 1 is 1.09 bits per heavy atom. The average molecular weight is 386 g/mol. The first-order valence-electron chi connectivity index (χ1n) is 6.02. The molecule has 0 aliphatic rings. The molecule has 0 aliphatic carbocycles. The van der Waals surface area contributed by atoms with Crippen LogP contribution in [0.4, 0.5) is 0 Å². The van der Waals surface area contributed by atoms with Gasteiger partial charge in [0.2, 0.25) is 0 Å². The van der Waals surface area contributed by atoms with Gasteiger partial charge in [0.15, 0.2) is 9.84 Å². The Hall–Kier alpha value is -2.13. The van der Waals surface area contributed by atoms with E-state index in [1.807, 2.05) is 0 Å². The number of aromatic nitrogens is 1. The van der Waals surface area contributed by atoms with Gasteiger partial charge >= 0.3 is 0 Å². The Bertz CT molecular complexity index is 812. The van der Waals surface area contributed by atoms with E-state index in [0.717, 1.165) is 6.26 Å². The maximum atomic E-state index is 11.9. The number of hydrogen-bond donors (Lipinski definition) is 3. The van der Waals surface area contributed by atoms with Crippen LogP contribution in [0, 0.1) is 0 Å². The van der Waals surface area contributed by atoms with Crippen LogP contribution >= 0.6 is 15.9 Å². The summed E-state index contributed by atoms with van der Waals surface area (Å²) < 4.78 is 23.4. The summed E-state index contributed by atoms with van der Waals surface area (Å²) in [6.07, 6.45) is 2.66. The number of nitrogens with one attached hydrogen (secondary N) is 3. The van der Waals surface area contributed by atoms with Crippen LogP contribution < -0.4 is 10.9 Å². The molecular formula is C13H12BrN3O4S. The van der Waals surface area contributed by atoms with E-state index in [4.69, 9.17) is 0 Å². The summed E-state index contributed by atoms with van der Waals surface area (Å²) in [4.78, 5) is 26.4. The molecule has 0 bridgehead atoms. The predicted octanol–water partition coefficient (Wildman–Crippen LogP) is 1.26. The molecular weight excluding hydrogens is 374 g/mol. The summed E-state index contributed by atoms with van der Waals surface area (Å²) in [5.74, 6) is -1.06. The Labute approximate surface area is 135 Å². The number of carbonyl (C=O) groups is 2. The molecule has 2 rings (SSSR count). The van der Waals surface area contributed by atoms with E-state index < -0.39 is 21.7 Å². The molecule has 1 aromatic carbocycles. The summed E-state index contributed by atoms with van der Waals surface area (Å²) in [5, 5.41) is 0. The summed E-state index contributed by atoms with van der Waals surface area (Å²) >= 11 is 3.19. The number of aromatic amines is 1. The Balaban J connectivity index is 1.99. The molecule has 0 aliphatic heterocycles. The van der Waals surface area contributed by atoms with Crippen molar-refractivity contribution in [2.24, 2.45) is 0 Å². The van der Waals surface area contributed by atoms with E-state index >= 15 is 0 Å². The van der Waals surface area contributed by atoms with E-state index in [2.05, 4.69) is 31.8 Å². The fourth-order valence-electron chi connectivity index (χ4n) is 1.61. The molecule has 0 saturated heterocycles. The first-order valence-corrected chi connectivity index (χ1v) is 8.70. The van der Waals surface area contributed by atoms with E-state index in [1.54, 1.807) is 12.3 Å². The number of amides is 2. The molecule has 9 heteroatoms. The van der Waals surface area contributed by atoms with Crippen LogP contribution in [0.3, 0.4) is 0 Å². The van der Waals surface area contributed by atoms with Gasteiger partial charge in [-0.25, -0.2) is 8.42 Å². The highest BCUT2D eigenvalue weighted by Crippen LogP contribution is 2.11. The number of hydrogen-bond acceptors (Lipinski definition) is 4. The molecule has 0 unspecified atom stereocenters. The van der Waals surface area contributed by atoms with Gasteiger partial charge in [-0.05, 0) is 46.3 Å². The summed E-state index contributed by atoms with van der Waals surface area (Å²) in [6, 6.07) is 6.94. The molecule has 0 saturated carbocycles. The van der Waals surface area contributed by atoms with Crippen molar-refractivity contribution in [2.75, 3.05) is 6.26 Å². The second-order valence-electron chi connectivity index (χ2n) is 4.44. The van der Waals surface area contributed by atoms with E-state index in [-0.39, 0.29) is 16.2 Å². The molecule has 1 heterocycles. The molecule has 0 spiro atoms. The first-order chi connectivity index (χ1) is 10.3. The Kier molecular flexibility index (Phi) is 4.67. The molecule has 2 aromatic rings. The maximum absolute atomic E-state index is 11.9. The van der Waals surface area contributed by atoms with Gasteiger partial charge in [0, 0.05) is 22.5 Å². The smallest absolute Gasteiger partial charge is 0.286 e. The van der Waals surface area contributed by atoms with E-state index in [9.17, 15) is 18.0 Å². The Morgan fingerprint density at radius 3 is 2.18 bits per heavy atom. The minimum atomic E-state index is -3.31. The van der Waals surface area contributed by atoms with Crippen molar-refractivity contribution in [1.82, 2.24) is 15.8 Å². The topological polar surface area (TPSA) is 108 Å². The molecule has 0 radical (unpaired) electrons. The van der Waals surface area contributed by atoms with Gasteiger partial charge in [-0.3, -0.25) is 20.4 Å². The van der Waals surface area contributed by atoms with Crippen LogP contribution in [0.25, 0.3) is 0 Å². The van der Waals surface area contributed by atoms with Crippen LogP contribution in [-0.2, 0) is 9.84 Å². The number of carbonyl (C=O) groups excluding carboxylic acids is 2. The van der Waals surface area contributed by atoms with Gasteiger partial charge in [0.1, 0.15) is 5.69 Å². The van der Waals surface area contributed by atoms with Gasteiger partial charge in [0.25, 0.3) is 11.8 Å². The minimum absolute atomic E-state index is 0.115. The number of hydrazine groups is 1. The zero-order chi connectivity index (χ0) is 16.3. The van der Waals surface area contributed by atoms with Crippen LogP contribution in [0.15, 0.2) is 45.9 Å². The van der Waals surface area contributed by atoms with Crippen molar-refractivity contribution in [1.29, 1.82) is 0 Å². The monoisotopic (exact) mass is 385 g/mol. The quantitative estimate of drug-likeness (QED) is 0.690. The number of H-pyrrole nitrogens is 1. The zero-order valence-electron chi connectivity index (χ0n) is 11.4. The second kappa shape index (κ2) is 6.32. The largest absolute Gasteiger partial charge is 0.356 e. The molecule has 3 N–H and O–H groups in total. The number of benzene rings is 1. The lowest BCUT2D eigenvalue weighted by Crippen LogP contribution is -2.41. The highest BCUT2D eigenvalue weighted by Gasteiger charge is 2.12. The predicted molar refractivity (Wildman–Crippen MR) is 83.0 cm³/mol. The maximum Gasteiger partial charge on any atom is 0.286 e. The molecule has 116 valence electrons. The lowest BCUT2D eigenvalue weighted by molar-refractivity contribution is 0.0844. The van der Waals surface area contributed by atoms with Crippen LogP contribution in [0.2, 0.25) is 0 Å². The molecule has 0 fully saturated rings. The van der Waals surface area contributed by atoms with Crippen LogP contribution in [-0.4, -0.2) is 31.5 Å². The average Bonchev–Trinajstić information content (AvgIpc) is 2.90. The van der Waals surface area contributed by atoms with E-state index in [0.29, 0.717) is 4.47 Å². The third-order valence-electron chi connectivity index (χ3n) is 2.73. The minimum Gasteiger partial charge on any atom is -0.356 e. The highest BCUT2D eigenvalue weighted by atomic mass is 79.9. The van der Waals surface area contributed by atoms with Crippen molar-refractivity contribution in [2.45, 2.75) is 4.90 Å². The third kappa shape index (κ3) is 3.95. The summed E-state index contributed by atoms with van der Waals surface area (Å²) in [5.41, 5.74) is 4.99. The van der Waals surface area contributed by atoms with Crippen LogP contribution in [0.1, 0.15) is 20.8 Å². The number of rotatable bonds is 3. The highest BCUT2D eigenvalue weighted by molar-refractivity contribution is 9.10. The second-order valence-corrected chi connectivity index (χ2v) is 7.37. The number of sulfone groups is 1. The molecule has 2 amide bonds. The number of halogens is 1. The van der Waals surface area contributed by atoms with E-state index in [1.165, 1.54) is 24.3 Å². The van der Waals surface area contributed by atoms with Crippen molar-refractivity contribution in [3.63, 3.8) is 0 Å². The van der Waals surface area contributed by atoms with Crippen molar-refractivity contribution < 1.29 is 18.0 Å². The molecule has 7 nitrogen and oxygen atoms in total. The summed E-state index contributed by atoms with van der Waals surface area (Å²) in [7, 11) is -3.31. The van der Waals surface area contributed by atoms with Crippen molar-refractivity contribution in [3.05, 3.63) is 52.3 Å². The summed E-state index contributed by atoms with van der Waals surface area (Å²) in [6.45, 7) is 0. The van der Waals surface area contributed by atoms with Gasteiger partial charge in [-0.15, -0.1) is 0 Å². The fourth-order valence-corrected chi connectivity index (χ4v) is 2.58. The first kappa shape index (κ1) is 16.2. The normalized spacial score (nSPS) is 11.0. The van der Waals surface area contributed by atoms with Gasteiger partial charge in [-0.1, -0.05) is 0 Å².